The van der Waals surface area contributed by atoms with Gasteiger partial charge in [0.25, 0.3) is 0 Å². The minimum Gasteiger partial charge on any atom is -0.465 e. The van der Waals surface area contributed by atoms with Crippen LogP contribution in [0.3, 0.4) is 0 Å². The molecule has 0 saturated carbocycles. The van der Waals surface area contributed by atoms with Crippen LogP contribution in [-0.4, -0.2) is 43.7 Å². The van der Waals surface area contributed by atoms with E-state index in [-0.39, 0.29) is 11.8 Å². The van der Waals surface area contributed by atoms with E-state index in [1.165, 1.54) is 12.1 Å². The summed E-state index contributed by atoms with van der Waals surface area (Å²) in [4.78, 5) is 14.3. The van der Waals surface area contributed by atoms with E-state index in [0.717, 1.165) is 19.6 Å². The predicted octanol–water partition coefficient (Wildman–Crippen LogP) is 2.36. The van der Waals surface area contributed by atoms with E-state index in [4.69, 9.17) is 4.74 Å². The lowest BCUT2D eigenvalue weighted by molar-refractivity contribution is -0.145. The normalized spacial score (nSPS) is 12.4. The Morgan fingerprint density at radius 1 is 1.33 bits per heavy atom. The molecule has 5 heteroatoms. The molecule has 1 atom stereocenters. The molecule has 1 rings (SSSR count). The van der Waals surface area contributed by atoms with Gasteiger partial charge in [-0.15, -0.1) is 0 Å². The second-order valence-corrected chi connectivity index (χ2v) is 4.72. The van der Waals surface area contributed by atoms with Crippen LogP contribution in [-0.2, 0) is 9.53 Å². The summed E-state index contributed by atoms with van der Waals surface area (Å²) >= 11 is 0. The molecule has 0 aliphatic heterocycles. The summed E-state index contributed by atoms with van der Waals surface area (Å²) in [6.07, 6.45) is 0. The first kappa shape index (κ1) is 17.6. The number of hydrogen-bond donors (Lipinski definition) is 1. The monoisotopic (exact) mass is 296 g/mol. The molecule has 0 radical (unpaired) electrons. The fraction of sp³-hybridized carbons (Fsp3) is 0.562. The Labute approximate surface area is 126 Å². The molecule has 0 spiro atoms. The van der Waals surface area contributed by atoms with Crippen LogP contribution >= 0.6 is 0 Å². The van der Waals surface area contributed by atoms with E-state index in [2.05, 4.69) is 24.1 Å². The topological polar surface area (TPSA) is 41.6 Å². The summed E-state index contributed by atoms with van der Waals surface area (Å²) in [7, 11) is 0. The zero-order chi connectivity index (χ0) is 15.7. The molecule has 21 heavy (non-hydrogen) atoms. The number of carbonyl (C=O) groups is 1. The van der Waals surface area contributed by atoms with Gasteiger partial charge in [0, 0.05) is 13.1 Å². The summed E-state index contributed by atoms with van der Waals surface area (Å²) in [6, 6.07) is 5.43. The Kier molecular flexibility index (Phi) is 7.93. The molecule has 0 aromatic heterocycles. The number of benzene rings is 1. The quantitative estimate of drug-likeness (QED) is 0.710. The molecular formula is C16H25FN2O2. The van der Waals surface area contributed by atoms with Crippen molar-refractivity contribution in [1.29, 1.82) is 0 Å². The van der Waals surface area contributed by atoms with Crippen molar-refractivity contribution >= 4 is 5.97 Å². The van der Waals surface area contributed by atoms with Gasteiger partial charge in [0.05, 0.1) is 6.61 Å². The Bertz CT molecular complexity index is 436. The molecule has 0 heterocycles. The second kappa shape index (κ2) is 9.47. The molecule has 1 unspecified atom stereocenters. The third-order valence-electron chi connectivity index (χ3n) is 3.38. The van der Waals surface area contributed by atoms with E-state index >= 15 is 0 Å². The molecule has 118 valence electrons. The lowest BCUT2D eigenvalue weighted by atomic mass is 10.1. The van der Waals surface area contributed by atoms with Crippen molar-refractivity contribution in [1.82, 2.24) is 10.2 Å². The highest BCUT2D eigenvalue weighted by atomic mass is 19.1. The molecule has 0 aliphatic carbocycles. The molecular weight excluding hydrogens is 271 g/mol. The van der Waals surface area contributed by atoms with Gasteiger partial charge in [-0.25, -0.2) is 9.18 Å². The smallest absolute Gasteiger partial charge is 0.327 e. The fourth-order valence-electron chi connectivity index (χ4n) is 2.16. The average Bonchev–Trinajstić information content (AvgIpc) is 2.47. The first-order valence-corrected chi connectivity index (χ1v) is 7.50. The van der Waals surface area contributed by atoms with Gasteiger partial charge in [0.1, 0.15) is 11.9 Å². The van der Waals surface area contributed by atoms with E-state index < -0.39 is 6.04 Å². The van der Waals surface area contributed by atoms with Gasteiger partial charge in [-0.2, -0.15) is 0 Å². The van der Waals surface area contributed by atoms with Gasteiger partial charge in [0.2, 0.25) is 0 Å². The van der Waals surface area contributed by atoms with Crippen LogP contribution in [0.5, 0.6) is 0 Å². The summed E-state index contributed by atoms with van der Waals surface area (Å²) in [5, 5.41) is 3.16. The molecule has 4 nitrogen and oxygen atoms in total. The summed E-state index contributed by atoms with van der Waals surface area (Å²) in [5.41, 5.74) is 0.591. The summed E-state index contributed by atoms with van der Waals surface area (Å²) < 4.78 is 18.4. The third kappa shape index (κ3) is 5.81. The average molecular weight is 296 g/mol. The SMILES string of the molecule is CCOC(=O)C(NCCN(CC)CC)c1cccc(F)c1. The van der Waals surface area contributed by atoms with Crippen molar-refractivity contribution in [3.05, 3.63) is 35.6 Å². The van der Waals surface area contributed by atoms with Crippen LogP contribution in [0.4, 0.5) is 4.39 Å². The highest BCUT2D eigenvalue weighted by Crippen LogP contribution is 2.16. The Balaban J connectivity index is 2.71. The van der Waals surface area contributed by atoms with Crippen molar-refractivity contribution in [3.63, 3.8) is 0 Å². The van der Waals surface area contributed by atoms with Crippen molar-refractivity contribution < 1.29 is 13.9 Å². The number of carbonyl (C=O) groups excluding carboxylic acids is 1. The molecule has 0 bridgehead atoms. The Morgan fingerprint density at radius 2 is 2.05 bits per heavy atom. The first-order chi connectivity index (χ1) is 10.1. The third-order valence-corrected chi connectivity index (χ3v) is 3.38. The summed E-state index contributed by atoms with van der Waals surface area (Å²) in [5.74, 6) is -0.727. The van der Waals surface area contributed by atoms with Crippen LogP contribution in [0.25, 0.3) is 0 Å². The number of hydrogen-bond acceptors (Lipinski definition) is 4. The van der Waals surface area contributed by atoms with Crippen LogP contribution in [0.15, 0.2) is 24.3 Å². The van der Waals surface area contributed by atoms with Crippen molar-refractivity contribution in [2.75, 3.05) is 32.8 Å². The van der Waals surface area contributed by atoms with Crippen molar-refractivity contribution in [2.24, 2.45) is 0 Å². The second-order valence-electron chi connectivity index (χ2n) is 4.72. The van der Waals surface area contributed by atoms with Gasteiger partial charge in [-0.3, -0.25) is 5.32 Å². The van der Waals surface area contributed by atoms with E-state index in [1.54, 1.807) is 19.1 Å². The number of nitrogens with zero attached hydrogens (tertiary/aromatic N) is 1. The highest BCUT2D eigenvalue weighted by Gasteiger charge is 2.21. The van der Waals surface area contributed by atoms with E-state index in [9.17, 15) is 9.18 Å². The Morgan fingerprint density at radius 3 is 2.62 bits per heavy atom. The Hall–Kier alpha value is -1.46. The van der Waals surface area contributed by atoms with Crippen LogP contribution in [0.1, 0.15) is 32.4 Å². The minimum atomic E-state index is -0.629. The maximum absolute atomic E-state index is 13.3. The fourth-order valence-corrected chi connectivity index (χ4v) is 2.16. The maximum Gasteiger partial charge on any atom is 0.327 e. The number of nitrogens with one attached hydrogen (secondary N) is 1. The predicted molar refractivity (Wildman–Crippen MR) is 81.6 cm³/mol. The molecule has 1 N–H and O–H groups in total. The van der Waals surface area contributed by atoms with Crippen molar-refractivity contribution in [3.8, 4) is 0 Å². The lowest BCUT2D eigenvalue weighted by Gasteiger charge is -2.22. The molecule has 0 aliphatic rings. The molecule has 0 saturated heterocycles. The van der Waals surface area contributed by atoms with Gasteiger partial charge in [-0.05, 0) is 37.7 Å². The lowest BCUT2D eigenvalue weighted by Crippen LogP contribution is -2.37. The number of likely N-dealkylation sites (N-methyl/N-ethyl adjacent to an activating group) is 1. The van der Waals surface area contributed by atoms with Gasteiger partial charge in [0.15, 0.2) is 0 Å². The first-order valence-electron chi connectivity index (χ1n) is 7.50. The van der Waals surface area contributed by atoms with Crippen LogP contribution < -0.4 is 5.32 Å². The minimum absolute atomic E-state index is 0.308. The maximum atomic E-state index is 13.3. The zero-order valence-electron chi connectivity index (χ0n) is 13.1. The van der Waals surface area contributed by atoms with E-state index in [0.29, 0.717) is 18.7 Å². The van der Waals surface area contributed by atoms with Crippen LogP contribution in [0.2, 0.25) is 0 Å². The summed E-state index contributed by atoms with van der Waals surface area (Å²) in [6.45, 7) is 9.65. The van der Waals surface area contributed by atoms with Crippen LogP contribution in [0, 0.1) is 5.82 Å². The largest absolute Gasteiger partial charge is 0.465 e. The number of halogens is 1. The zero-order valence-corrected chi connectivity index (χ0v) is 13.1. The van der Waals surface area contributed by atoms with Gasteiger partial charge >= 0.3 is 5.97 Å². The number of esters is 1. The standard InChI is InChI=1S/C16H25FN2O2/c1-4-19(5-2)11-10-18-15(16(20)21-6-3)13-8-7-9-14(17)12-13/h7-9,12,15,18H,4-6,10-11H2,1-3H3. The molecule has 1 aromatic rings. The molecule has 0 fully saturated rings. The van der Waals surface area contributed by atoms with Gasteiger partial charge in [-0.1, -0.05) is 26.0 Å². The van der Waals surface area contributed by atoms with Gasteiger partial charge < -0.3 is 9.64 Å². The highest BCUT2D eigenvalue weighted by molar-refractivity contribution is 5.77. The van der Waals surface area contributed by atoms with E-state index in [1.807, 2.05) is 0 Å². The molecule has 0 amide bonds. The van der Waals surface area contributed by atoms with Crippen molar-refractivity contribution in [2.45, 2.75) is 26.8 Å². The number of rotatable bonds is 9. The molecule has 1 aromatic carbocycles. The number of ether oxygens (including phenoxy) is 1.